The van der Waals surface area contributed by atoms with E-state index in [1.807, 2.05) is 6.08 Å². The Morgan fingerprint density at radius 1 is 1.44 bits per heavy atom. The molecular formula is C16H24N2. The van der Waals surface area contributed by atoms with Crippen LogP contribution in [-0.2, 0) is 5.54 Å². The van der Waals surface area contributed by atoms with Gasteiger partial charge in [-0.2, -0.15) is 0 Å². The van der Waals surface area contributed by atoms with Crippen LogP contribution in [-0.4, -0.2) is 30.1 Å². The molecule has 3 unspecified atom stereocenters. The molecule has 0 amide bonds. The molecule has 0 aliphatic carbocycles. The second-order valence-electron chi connectivity index (χ2n) is 5.58. The summed E-state index contributed by atoms with van der Waals surface area (Å²) in [6.45, 7) is 12.8. The van der Waals surface area contributed by atoms with Gasteiger partial charge in [-0.3, -0.25) is 4.90 Å². The first-order chi connectivity index (χ1) is 8.57. The zero-order valence-electron chi connectivity index (χ0n) is 11.7. The van der Waals surface area contributed by atoms with Gasteiger partial charge in [-0.1, -0.05) is 36.4 Å². The second-order valence-corrected chi connectivity index (χ2v) is 5.58. The highest BCUT2D eigenvalue weighted by Crippen LogP contribution is 2.27. The molecule has 1 aliphatic heterocycles. The molecule has 0 saturated carbocycles. The van der Waals surface area contributed by atoms with Crippen molar-refractivity contribution in [1.29, 1.82) is 0 Å². The molecule has 2 heteroatoms. The predicted octanol–water partition coefficient (Wildman–Crippen LogP) is 2.77. The molecule has 18 heavy (non-hydrogen) atoms. The Bertz CT molecular complexity index is 401. The van der Waals surface area contributed by atoms with Gasteiger partial charge in [0, 0.05) is 25.2 Å². The molecule has 1 heterocycles. The van der Waals surface area contributed by atoms with Crippen molar-refractivity contribution < 1.29 is 0 Å². The monoisotopic (exact) mass is 244 g/mol. The summed E-state index contributed by atoms with van der Waals surface area (Å²) < 4.78 is 0. The van der Waals surface area contributed by atoms with Crippen molar-refractivity contribution in [2.75, 3.05) is 13.1 Å². The number of hydrogen-bond donors (Lipinski definition) is 1. The van der Waals surface area contributed by atoms with E-state index in [1.165, 1.54) is 5.56 Å². The minimum atomic E-state index is 0.0328. The highest BCUT2D eigenvalue weighted by molar-refractivity contribution is 5.25. The molecule has 0 radical (unpaired) electrons. The van der Waals surface area contributed by atoms with Gasteiger partial charge >= 0.3 is 0 Å². The normalized spacial score (nSPS) is 30.9. The molecular weight excluding hydrogens is 220 g/mol. The van der Waals surface area contributed by atoms with Gasteiger partial charge in [-0.25, -0.2) is 0 Å². The van der Waals surface area contributed by atoms with E-state index in [9.17, 15) is 0 Å². The van der Waals surface area contributed by atoms with Crippen molar-refractivity contribution in [3.63, 3.8) is 0 Å². The first-order valence-corrected chi connectivity index (χ1v) is 6.75. The first-order valence-electron chi connectivity index (χ1n) is 6.75. The maximum Gasteiger partial charge on any atom is 0.0535 e. The fraction of sp³-hybridized carbons (Fsp3) is 0.500. The lowest BCUT2D eigenvalue weighted by atomic mass is 9.87. The van der Waals surface area contributed by atoms with Gasteiger partial charge in [0.15, 0.2) is 0 Å². The minimum absolute atomic E-state index is 0.0328. The Labute approximate surface area is 111 Å². The maximum atomic E-state index is 3.93. The van der Waals surface area contributed by atoms with Gasteiger partial charge in [0.05, 0.1) is 5.54 Å². The van der Waals surface area contributed by atoms with E-state index < -0.39 is 0 Å². The number of nitrogens with zero attached hydrogens (tertiary/aromatic N) is 1. The van der Waals surface area contributed by atoms with Gasteiger partial charge < -0.3 is 5.32 Å². The number of benzene rings is 1. The van der Waals surface area contributed by atoms with Crippen LogP contribution in [0.15, 0.2) is 43.0 Å². The predicted molar refractivity (Wildman–Crippen MR) is 77.6 cm³/mol. The lowest BCUT2D eigenvalue weighted by molar-refractivity contribution is 0.0768. The first kappa shape index (κ1) is 13.3. The number of nitrogens with one attached hydrogen (secondary N) is 1. The third kappa shape index (κ3) is 2.50. The number of hydrogen-bond acceptors (Lipinski definition) is 2. The van der Waals surface area contributed by atoms with Crippen LogP contribution in [0.5, 0.6) is 0 Å². The summed E-state index contributed by atoms with van der Waals surface area (Å²) in [5.41, 5.74) is 1.39. The van der Waals surface area contributed by atoms with Crippen LogP contribution < -0.4 is 5.32 Å². The molecule has 1 aromatic rings. The van der Waals surface area contributed by atoms with Crippen molar-refractivity contribution in [3.05, 3.63) is 48.6 Å². The summed E-state index contributed by atoms with van der Waals surface area (Å²) in [5, 5.41) is 3.69. The van der Waals surface area contributed by atoms with Crippen molar-refractivity contribution in [2.45, 2.75) is 38.4 Å². The topological polar surface area (TPSA) is 15.3 Å². The van der Waals surface area contributed by atoms with Crippen LogP contribution >= 0.6 is 0 Å². The fourth-order valence-corrected chi connectivity index (χ4v) is 2.75. The lowest BCUT2D eigenvalue weighted by Gasteiger charge is -2.47. The van der Waals surface area contributed by atoms with Crippen LogP contribution in [0.2, 0.25) is 0 Å². The molecule has 1 saturated heterocycles. The van der Waals surface area contributed by atoms with E-state index >= 15 is 0 Å². The molecule has 0 bridgehead atoms. The number of rotatable bonds is 3. The average molecular weight is 244 g/mol. The number of piperazine rings is 1. The average Bonchev–Trinajstić information content (AvgIpc) is 2.42. The summed E-state index contributed by atoms with van der Waals surface area (Å²) >= 11 is 0. The molecule has 1 aliphatic rings. The Morgan fingerprint density at radius 3 is 2.72 bits per heavy atom. The van der Waals surface area contributed by atoms with Gasteiger partial charge in [0.25, 0.3) is 0 Å². The Kier molecular flexibility index (Phi) is 3.88. The third-order valence-electron chi connectivity index (χ3n) is 4.13. The van der Waals surface area contributed by atoms with Crippen LogP contribution in [0, 0.1) is 0 Å². The smallest absolute Gasteiger partial charge is 0.0535 e. The van der Waals surface area contributed by atoms with E-state index in [0.29, 0.717) is 12.1 Å². The standard InChI is InChI=1S/C16H24N2/c1-5-13(2)18-12-16(4,17-11-14(18)3)15-9-7-6-8-10-15/h5-10,13-14,17H,1,11-12H2,2-4H3. The molecule has 2 rings (SSSR count). The maximum absolute atomic E-state index is 3.93. The molecule has 1 fully saturated rings. The summed E-state index contributed by atoms with van der Waals surface area (Å²) in [4.78, 5) is 2.52. The van der Waals surface area contributed by atoms with E-state index in [0.717, 1.165) is 13.1 Å². The summed E-state index contributed by atoms with van der Waals surface area (Å²) in [7, 11) is 0. The quantitative estimate of drug-likeness (QED) is 0.823. The van der Waals surface area contributed by atoms with Crippen LogP contribution in [0.3, 0.4) is 0 Å². The van der Waals surface area contributed by atoms with Crippen molar-refractivity contribution in [1.82, 2.24) is 10.2 Å². The summed E-state index contributed by atoms with van der Waals surface area (Å²) in [6, 6.07) is 11.7. The molecule has 2 nitrogen and oxygen atoms in total. The fourth-order valence-electron chi connectivity index (χ4n) is 2.75. The molecule has 98 valence electrons. The minimum Gasteiger partial charge on any atom is -0.305 e. The molecule has 1 aromatic carbocycles. The SMILES string of the molecule is C=CC(C)N1CC(C)(c2ccccc2)NCC1C. The van der Waals surface area contributed by atoms with E-state index in [2.05, 4.69) is 67.9 Å². The highest BCUT2D eigenvalue weighted by atomic mass is 15.3. The van der Waals surface area contributed by atoms with Crippen molar-refractivity contribution in [3.8, 4) is 0 Å². The van der Waals surface area contributed by atoms with Crippen LogP contribution in [0.1, 0.15) is 26.3 Å². The van der Waals surface area contributed by atoms with Crippen LogP contribution in [0.25, 0.3) is 0 Å². The van der Waals surface area contributed by atoms with E-state index in [-0.39, 0.29) is 5.54 Å². The van der Waals surface area contributed by atoms with Gasteiger partial charge in [0.1, 0.15) is 0 Å². The Hall–Kier alpha value is -1.12. The summed E-state index contributed by atoms with van der Waals surface area (Å²) in [5.74, 6) is 0. The second kappa shape index (κ2) is 5.25. The van der Waals surface area contributed by atoms with Gasteiger partial charge in [0.2, 0.25) is 0 Å². The van der Waals surface area contributed by atoms with Crippen LogP contribution in [0.4, 0.5) is 0 Å². The van der Waals surface area contributed by atoms with E-state index in [1.54, 1.807) is 0 Å². The molecule has 1 N–H and O–H groups in total. The highest BCUT2D eigenvalue weighted by Gasteiger charge is 2.36. The van der Waals surface area contributed by atoms with Crippen molar-refractivity contribution in [2.24, 2.45) is 0 Å². The zero-order valence-corrected chi connectivity index (χ0v) is 11.7. The molecule has 0 spiro atoms. The van der Waals surface area contributed by atoms with Crippen molar-refractivity contribution >= 4 is 0 Å². The van der Waals surface area contributed by atoms with Gasteiger partial charge in [-0.05, 0) is 26.3 Å². The van der Waals surface area contributed by atoms with E-state index in [4.69, 9.17) is 0 Å². The molecule has 3 atom stereocenters. The Morgan fingerprint density at radius 2 is 2.11 bits per heavy atom. The summed E-state index contributed by atoms with van der Waals surface area (Å²) in [6.07, 6.45) is 2.03. The third-order valence-corrected chi connectivity index (χ3v) is 4.13. The largest absolute Gasteiger partial charge is 0.305 e. The lowest BCUT2D eigenvalue weighted by Crippen LogP contribution is -2.62. The molecule has 0 aromatic heterocycles. The Balaban J connectivity index is 2.23. The van der Waals surface area contributed by atoms with Gasteiger partial charge in [-0.15, -0.1) is 6.58 Å². The zero-order chi connectivity index (χ0) is 13.2.